The molecule has 4 aliphatic heterocycles. The van der Waals surface area contributed by atoms with Crippen LogP contribution in [0.3, 0.4) is 0 Å². The summed E-state index contributed by atoms with van der Waals surface area (Å²) in [6, 6.07) is 4.47. The molecule has 2 atom stereocenters. The number of hydrogen-bond acceptors (Lipinski definition) is 12. The first-order valence-corrected chi connectivity index (χ1v) is 20.0. The van der Waals surface area contributed by atoms with Gasteiger partial charge in [-0.2, -0.15) is 10.5 Å². The summed E-state index contributed by atoms with van der Waals surface area (Å²) < 4.78 is 10.8. The highest BCUT2D eigenvalue weighted by atomic mass is 35.5. The zero-order chi connectivity index (χ0) is 40.3. The third-order valence-electron chi connectivity index (χ3n) is 9.28. The predicted octanol–water partition coefficient (Wildman–Crippen LogP) is 7.53. The number of halogens is 3. The minimum Gasteiger partial charge on any atom is -0.444 e. The van der Waals surface area contributed by atoms with Gasteiger partial charge in [-0.15, -0.1) is 0 Å². The van der Waals surface area contributed by atoms with E-state index in [0.29, 0.717) is 68.1 Å². The standard InChI is InChI=1S/C19H26ClN5O2.C12H15Cl2N3O2.C7H12N2/c1-19(2,3)27-18(26)25-10-7-14-15(12-25)22-17(20)23-16(14)24-9-4-5-13(11-24)6-8-21;1-12(2,3)19-11(18)17-5-4-7-8(6-17)15-10(14)16-9(7)13;8-4-3-7-2-1-5-9-6-7/h13H,4-7,9-12H2,1-3H3;4-6H2,1-3H3;7,9H,1-3,5-6H2. The normalized spacial score (nSPS) is 19.5. The van der Waals surface area contributed by atoms with Crippen molar-refractivity contribution in [3.8, 4) is 12.1 Å². The highest BCUT2D eigenvalue weighted by molar-refractivity contribution is 6.32. The molecule has 0 aliphatic carbocycles. The quantitative estimate of drug-likeness (QED) is 0.239. The molecule has 0 spiro atoms. The molecule has 0 bridgehead atoms. The number of hydrogen-bond donors (Lipinski definition) is 1. The van der Waals surface area contributed by atoms with Gasteiger partial charge in [-0.1, -0.05) is 11.6 Å². The third-order valence-corrected chi connectivity index (χ3v) is 9.93. The topological polar surface area (TPSA) is 173 Å². The molecule has 0 radical (unpaired) electrons. The lowest BCUT2D eigenvalue weighted by Crippen LogP contribution is -2.42. The van der Waals surface area contributed by atoms with E-state index in [2.05, 4.69) is 42.3 Å². The van der Waals surface area contributed by atoms with Crippen LogP contribution in [0.15, 0.2) is 0 Å². The number of nitrogens with one attached hydrogen (secondary N) is 1. The van der Waals surface area contributed by atoms with Gasteiger partial charge in [0.25, 0.3) is 0 Å². The van der Waals surface area contributed by atoms with E-state index < -0.39 is 11.2 Å². The van der Waals surface area contributed by atoms with E-state index in [-0.39, 0.29) is 22.8 Å². The second-order valence-electron chi connectivity index (χ2n) is 16.1. The number of carbonyl (C=O) groups excluding carboxylic acids is 2. The molecule has 2 unspecified atom stereocenters. The lowest BCUT2D eigenvalue weighted by Gasteiger charge is -2.36. The molecule has 14 nitrogen and oxygen atoms in total. The van der Waals surface area contributed by atoms with Gasteiger partial charge >= 0.3 is 12.2 Å². The molecule has 2 aromatic heterocycles. The van der Waals surface area contributed by atoms with E-state index in [1.165, 1.54) is 12.8 Å². The van der Waals surface area contributed by atoms with Crippen molar-refractivity contribution in [2.24, 2.45) is 11.8 Å². The fraction of sp³-hybridized carbons (Fsp3) is 0.684. The highest BCUT2D eigenvalue weighted by Crippen LogP contribution is 2.32. The first kappa shape index (κ1) is 44.0. The molecular weight excluding hydrogens is 767 g/mol. The number of amides is 2. The molecule has 0 saturated carbocycles. The molecular formula is C38H53Cl3N10O4. The minimum atomic E-state index is -0.532. The van der Waals surface area contributed by atoms with E-state index in [1.54, 1.807) is 9.80 Å². The van der Waals surface area contributed by atoms with Crippen LogP contribution in [0.5, 0.6) is 0 Å². The van der Waals surface area contributed by atoms with Crippen molar-refractivity contribution in [3.05, 3.63) is 38.2 Å². The molecule has 6 rings (SSSR count). The van der Waals surface area contributed by atoms with Gasteiger partial charge in [-0.3, -0.25) is 0 Å². The Morgan fingerprint density at radius 2 is 1.29 bits per heavy atom. The van der Waals surface area contributed by atoms with Crippen LogP contribution < -0.4 is 10.2 Å². The van der Waals surface area contributed by atoms with Crippen molar-refractivity contribution in [3.63, 3.8) is 0 Å². The predicted molar refractivity (Wildman–Crippen MR) is 211 cm³/mol. The third kappa shape index (κ3) is 13.8. The Bertz CT molecular complexity index is 1730. The highest BCUT2D eigenvalue weighted by Gasteiger charge is 2.32. The Morgan fingerprint density at radius 1 is 0.764 bits per heavy atom. The van der Waals surface area contributed by atoms with Gasteiger partial charge in [0.2, 0.25) is 10.6 Å². The molecule has 2 saturated heterocycles. The number of aromatic nitrogens is 4. The Kier molecular flexibility index (Phi) is 16.0. The maximum absolute atomic E-state index is 12.4. The summed E-state index contributed by atoms with van der Waals surface area (Å²) in [5.74, 6) is 1.84. The van der Waals surface area contributed by atoms with Gasteiger partial charge in [0.1, 0.15) is 22.2 Å². The van der Waals surface area contributed by atoms with Crippen molar-refractivity contribution in [1.82, 2.24) is 35.1 Å². The monoisotopic (exact) mass is 818 g/mol. The summed E-state index contributed by atoms with van der Waals surface area (Å²) in [6.07, 6.45) is 6.44. The summed E-state index contributed by atoms with van der Waals surface area (Å²) in [6.45, 7) is 16.8. The first-order valence-electron chi connectivity index (χ1n) is 18.9. The van der Waals surface area contributed by atoms with Crippen LogP contribution in [0, 0.1) is 34.5 Å². The van der Waals surface area contributed by atoms with Gasteiger partial charge in [0, 0.05) is 50.1 Å². The van der Waals surface area contributed by atoms with Crippen molar-refractivity contribution in [2.75, 3.05) is 44.2 Å². The Hall–Kier alpha value is -3.69. The van der Waals surface area contributed by atoms with E-state index in [0.717, 1.165) is 68.1 Å². The fourth-order valence-electron chi connectivity index (χ4n) is 6.74. The number of nitriles is 2. The van der Waals surface area contributed by atoms with E-state index in [9.17, 15) is 9.59 Å². The van der Waals surface area contributed by atoms with Gasteiger partial charge in [0.05, 0.1) is 36.6 Å². The second kappa shape index (κ2) is 19.9. The molecule has 2 aromatic rings. The zero-order valence-corrected chi connectivity index (χ0v) is 35.0. The van der Waals surface area contributed by atoms with Crippen LogP contribution in [-0.4, -0.2) is 92.4 Å². The van der Waals surface area contributed by atoms with Gasteiger partial charge in [-0.25, -0.2) is 29.5 Å². The second-order valence-corrected chi connectivity index (χ2v) is 17.2. The number of fused-ring (bicyclic) bond motifs is 2. The summed E-state index contributed by atoms with van der Waals surface area (Å²) in [7, 11) is 0. The van der Waals surface area contributed by atoms with E-state index in [1.807, 2.05) is 41.5 Å². The van der Waals surface area contributed by atoms with Crippen LogP contribution in [0.4, 0.5) is 15.4 Å². The lowest BCUT2D eigenvalue weighted by molar-refractivity contribution is 0.0210. The van der Waals surface area contributed by atoms with Gasteiger partial charge in [-0.05, 0) is 128 Å². The number of rotatable bonds is 3. The molecule has 17 heteroatoms. The molecule has 2 fully saturated rings. The van der Waals surface area contributed by atoms with Crippen molar-refractivity contribution < 1.29 is 19.1 Å². The average molecular weight is 820 g/mol. The minimum absolute atomic E-state index is 0.0924. The van der Waals surface area contributed by atoms with Crippen LogP contribution >= 0.6 is 34.8 Å². The lowest BCUT2D eigenvalue weighted by atomic mass is 9.94. The zero-order valence-electron chi connectivity index (χ0n) is 32.8. The Morgan fingerprint density at radius 3 is 1.84 bits per heavy atom. The smallest absolute Gasteiger partial charge is 0.410 e. The molecule has 300 valence electrons. The van der Waals surface area contributed by atoms with Crippen LogP contribution in [0.25, 0.3) is 0 Å². The number of carbonyl (C=O) groups is 2. The number of ether oxygens (including phenoxy) is 2. The van der Waals surface area contributed by atoms with Gasteiger partial charge in [0.15, 0.2) is 0 Å². The maximum atomic E-state index is 12.4. The largest absolute Gasteiger partial charge is 0.444 e. The Labute approximate surface area is 339 Å². The van der Waals surface area contributed by atoms with E-state index >= 15 is 0 Å². The SMILES string of the molecule is CC(C)(C)OC(=O)N1CCc2c(Cl)nc(Cl)nc2C1.CC(C)(C)OC(=O)N1CCc2c(nc(Cl)nc2N2CCCC(CC#N)C2)C1.N#CCC1CCCNC1. The fourth-order valence-corrected chi connectivity index (χ4v) is 7.44. The van der Waals surface area contributed by atoms with Crippen LogP contribution in [-0.2, 0) is 35.4 Å². The van der Waals surface area contributed by atoms with Crippen LogP contribution in [0.2, 0.25) is 15.7 Å². The molecule has 55 heavy (non-hydrogen) atoms. The first-order chi connectivity index (χ1) is 26.0. The van der Waals surface area contributed by atoms with E-state index in [4.69, 9.17) is 54.8 Å². The molecule has 6 heterocycles. The summed E-state index contributed by atoms with van der Waals surface area (Å²) in [5, 5.41) is 21.3. The number of anilines is 1. The number of nitrogens with zero attached hydrogens (tertiary/aromatic N) is 9. The molecule has 0 aromatic carbocycles. The molecule has 4 aliphatic rings. The summed E-state index contributed by atoms with van der Waals surface area (Å²) >= 11 is 18.0. The Balaban J connectivity index is 0.000000207. The number of piperidine rings is 2. The maximum Gasteiger partial charge on any atom is 0.410 e. The summed E-state index contributed by atoms with van der Waals surface area (Å²) in [5.41, 5.74) is 2.32. The average Bonchev–Trinajstić information content (AvgIpc) is 3.10. The van der Waals surface area contributed by atoms with Crippen molar-refractivity contribution in [2.45, 2.75) is 117 Å². The van der Waals surface area contributed by atoms with Crippen LogP contribution in [0.1, 0.15) is 103 Å². The molecule has 1 N–H and O–H groups in total. The van der Waals surface area contributed by atoms with Gasteiger partial charge < -0.3 is 29.5 Å². The molecule has 2 amide bonds. The van der Waals surface area contributed by atoms with Crippen molar-refractivity contribution in [1.29, 1.82) is 10.5 Å². The van der Waals surface area contributed by atoms with Crippen molar-refractivity contribution >= 4 is 52.8 Å². The summed E-state index contributed by atoms with van der Waals surface area (Å²) in [4.78, 5) is 46.8.